The Bertz CT molecular complexity index is 777. The van der Waals surface area contributed by atoms with Gasteiger partial charge in [0.2, 0.25) is 5.91 Å². The van der Waals surface area contributed by atoms with Crippen molar-refractivity contribution in [3.8, 4) is 6.07 Å². The number of rotatable bonds is 9. The van der Waals surface area contributed by atoms with Gasteiger partial charge < -0.3 is 29.9 Å². The smallest absolute Gasteiger partial charge is 0.319 e. The molecule has 0 aliphatic carbocycles. The highest BCUT2D eigenvalue weighted by Gasteiger charge is 2.39. The molecule has 2 atom stereocenters. The van der Waals surface area contributed by atoms with Gasteiger partial charge >= 0.3 is 6.03 Å². The number of nitriles is 1. The van der Waals surface area contributed by atoms with E-state index in [0.717, 1.165) is 26.1 Å². The number of hydrogen-bond donors (Lipinski definition) is 3. The van der Waals surface area contributed by atoms with Gasteiger partial charge in [0.05, 0.1) is 38.5 Å². The van der Waals surface area contributed by atoms with Gasteiger partial charge in [-0.3, -0.25) is 15.0 Å². The van der Waals surface area contributed by atoms with Crippen molar-refractivity contribution in [1.82, 2.24) is 30.7 Å². The van der Waals surface area contributed by atoms with E-state index in [1.165, 1.54) is 0 Å². The van der Waals surface area contributed by atoms with E-state index in [2.05, 4.69) is 59.5 Å². The number of carbonyl (C=O) groups excluding carboxylic acids is 2. The molecule has 0 spiro atoms. The van der Waals surface area contributed by atoms with Crippen LogP contribution in [-0.2, 0) is 14.3 Å². The standard InChI is InChI=1S/C26H47N7O4/c1-5-8-31-9-6-26(20-27,7-10-31)30-22(34)21(19-25(2,3)4)28-23(32-11-15-36-16-12-32)29-24(35)33-13-17-37-18-14-33/h21,23,28H,5-19H2,1-4H3,(H,29,35)(H,30,34). The first-order valence-electron chi connectivity index (χ1n) is 13.8. The highest BCUT2D eigenvalue weighted by Crippen LogP contribution is 2.25. The Hall–Kier alpha value is -1.97. The Balaban J connectivity index is 1.74. The van der Waals surface area contributed by atoms with Crippen LogP contribution in [0.15, 0.2) is 0 Å². The van der Waals surface area contributed by atoms with Crippen LogP contribution in [0.1, 0.15) is 53.4 Å². The van der Waals surface area contributed by atoms with Gasteiger partial charge in [-0.15, -0.1) is 0 Å². The summed E-state index contributed by atoms with van der Waals surface area (Å²) in [7, 11) is 0. The zero-order valence-electron chi connectivity index (χ0n) is 23.2. The monoisotopic (exact) mass is 521 g/mol. The molecule has 37 heavy (non-hydrogen) atoms. The van der Waals surface area contributed by atoms with E-state index in [1.54, 1.807) is 4.90 Å². The van der Waals surface area contributed by atoms with Gasteiger partial charge in [-0.25, -0.2) is 4.79 Å². The Morgan fingerprint density at radius 2 is 1.59 bits per heavy atom. The molecular formula is C26H47N7O4. The van der Waals surface area contributed by atoms with Crippen molar-refractivity contribution in [2.45, 2.75) is 71.2 Å². The second kappa shape index (κ2) is 13.7. The summed E-state index contributed by atoms with van der Waals surface area (Å²) < 4.78 is 10.9. The maximum absolute atomic E-state index is 13.7. The number of piperidine rings is 1. The van der Waals surface area contributed by atoms with Crippen LogP contribution in [0.3, 0.4) is 0 Å². The number of hydrogen-bond acceptors (Lipinski definition) is 8. The van der Waals surface area contributed by atoms with Crippen molar-refractivity contribution in [3.63, 3.8) is 0 Å². The molecule has 3 amide bonds. The summed E-state index contributed by atoms with van der Waals surface area (Å²) in [4.78, 5) is 33.0. The third-order valence-electron chi connectivity index (χ3n) is 7.29. The van der Waals surface area contributed by atoms with Gasteiger partial charge in [-0.2, -0.15) is 5.26 Å². The Kier molecular flexibility index (Phi) is 11.0. The van der Waals surface area contributed by atoms with Gasteiger partial charge in [0.1, 0.15) is 11.8 Å². The lowest BCUT2D eigenvalue weighted by Crippen LogP contribution is -2.67. The average molecular weight is 522 g/mol. The van der Waals surface area contributed by atoms with Gasteiger partial charge in [-0.1, -0.05) is 27.7 Å². The third kappa shape index (κ3) is 9.07. The summed E-state index contributed by atoms with van der Waals surface area (Å²) in [5.74, 6) is -0.195. The zero-order valence-corrected chi connectivity index (χ0v) is 23.2. The molecular weight excluding hydrogens is 474 g/mol. The summed E-state index contributed by atoms with van der Waals surface area (Å²) in [6, 6.07) is 1.65. The summed E-state index contributed by atoms with van der Waals surface area (Å²) in [5.41, 5.74) is -1.02. The van der Waals surface area contributed by atoms with Crippen molar-refractivity contribution < 1.29 is 19.1 Å². The van der Waals surface area contributed by atoms with Crippen molar-refractivity contribution >= 4 is 11.9 Å². The number of nitrogens with zero attached hydrogens (tertiary/aromatic N) is 4. The maximum Gasteiger partial charge on any atom is 0.319 e. The zero-order chi connectivity index (χ0) is 26.9. The van der Waals surface area contributed by atoms with Crippen LogP contribution in [0, 0.1) is 16.7 Å². The topological polar surface area (TPSA) is 122 Å². The summed E-state index contributed by atoms with van der Waals surface area (Å²) in [6.45, 7) is 15.5. The van der Waals surface area contributed by atoms with E-state index >= 15 is 0 Å². The second-order valence-electron chi connectivity index (χ2n) is 11.6. The Labute approximate surface area is 222 Å². The number of morpholine rings is 2. The van der Waals surface area contributed by atoms with Gasteiger partial charge in [0.15, 0.2) is 0 Å². The first-order chi connectivity index (χ1) is 17.6. The van der Waals surface area contributed by atoms with Crippen LogP contribution in [0.25, 0.3) is 0 Å². The molecule has 3 heterocycles. The fourth-order valence-electron chi connectivity index (χ4n) is 5.14. The van der Waals surface area contributed by atoms with E-state index in [9.17, 15) is 14.9 Å². The summed E-state index contributed by atoms with van der Waals surface area (Å²) >= 11 is 0. The molecule has 0 bridgehead atoms. The first-order valence-corrected chi connectivity index (χ1v) is 13.8. The van der Waals surface area contributed by atoms with E-state index in [4.69, 9.17) is 9.47 Å². The van der Waals surface area contributed by atoms with Gasteiger partial charge in [0, 0.05) is 39.3 Å². The molecule has 0 saturated carbocycles. The number of nitrogens with one attached hydrogen (secondary N) is 3. The van der Waals surface area contributed by atoms with Gasteiger partial charge in [0.25, 0.3) is 0 Å². The predicted octanol–water partition coefficient (Wildman–Crippen LogP) is 0.923. The van der Waals surface area contributed by atoms with E-state index in [-0.39, 0.29) is 17.4 Å². The van der Waals surface area contributed by atoms with Crippen molar-refractivity contribution in [2.24, 2.45) is 5.41 Å². The molecule has 3 fully saturated rings. The fraction of sp³-hybridized carbons (Fsp3) is 0.885. The molecule has 210 valence electrons. The summed E-state index contributed by atoms with van der Waals surface area (Å²) in [5, 5.41) is 19.8. The minimum atomic E-state index is -0.870. The molecule has 3 saturated heterocycles. The van der Waals surface area contributed by atoms with Crippen molar-refractivity contribution in [3.05, 3.63) is 0 Å². The average Bonchev–Trinajstić information content (AvgIpc) is 2.89. The molecule has 3 N–H and O–H groups in total. The Morgan fingerprint density at radius 3 is 2.14 bits per heavy atom. The number of ether oxygens (including phenoxy) is 2. The highest BCUT2D eigenvalue weighted by atomic mass is 16.5. The molecule has 11 nitrogen and oxygen atoms in total. The lowest BCUT2D eigenvalue weighted by atomic mass is 9.85. The fourth-order valence-corrected chi connectivity index (χ4v) is 5.14. The molecule has 2 unspecified atom stereocenters. The quantitative estimate of drug-likeness (QED) is 0.383. The van der Waals surface area contributed by atoms with E-state index in [0.29, 0.717) is 71.9 Å². The van der Waals surface area contributed by atoms with Crippen LogP contribution < -0.4 is 16.0 Å². The number of amides is 3. The van der Waals surface area contributed by atoms with Crippen LogP contribution in [0.2, 0.25) is 0 Å². The lowest BCUT2D eigenvalue weighted by Gasteiger charge is -2.41. The Morgan fingerprint density at radius 1 is 1.00 bits per heavy atom. The normalized spacial score (nSPS) is 23.1. The van der Waals surface area contributed by atoms with Gasteiger partial charge in [-0.05, 0) is 37.6 Å². The number of carbonyl (C=O) groups is 2. The van der Waals surface area contributed by atoms with E-state index in [1.807, 2.05) is 0 Å². The van der Waals surface area contributed by atoms with Crippen molar-refractivity contribution in [1.29, 1.82) is 5.26 Å². The first kappa shape index (κ1) is 29.6. The molecule has 3 aliphatic heterocycles. The molecule has 11 heteroatoms. The molecule has 3 rings (SSSR count). The highest BCUT2D eigenvalue weighted by molar-refractivity contribution is 5.83. The number of urea groups is 1. The van der Waals surface area contributed by atoms with Crippen LogP contribution in [0.5, 0.6) is 0 Å². The maximum atomic E-state index is 13.7. The van der Waals surface area contributed by atoms with Crippen LogP contribution in [-0.4, -0.2) is 117 Å². The second-order valence-corrected chi connectivity index (χ2v) is 11.6. The predicted molar refractivity (Wildman–Crippen MR) is 141 cm³/mol. The molecule has 0 aromatic heterocycles. The lowest BCUT2D eigenvalue weighted by molar-refractivity contribution is -0.126. The molecule has 0 aromatic carbocycles. The van der Waals surface area contributed by atoms with E-state index < -0.39 is 17.9 Å². The SMILES string of the molecule is CCCN1CCC(C#N)(NC(=O)C(CC(C)(C)C)NC(NC(=O)N2CCOCC2)N2CCOCC2)CC1. The third-order valence-corrected chi connectivity index (χ3v) is 7.29. The number of likely N-dealkylation sites (tertiary alicyclic amines) is 1. The molecule has 0 radical (unpaired) electrons. The molecule has 3 aliphatic rings. The largest absolute Gasteiger partial charge is 0.379 e. The van der Waals surface area contributed by atoms with Crippen LogP contribution >= 0.6 is 0 Å². The van der Waals surface area contributed by atoms with Crippen LogP contribution in [0.4, 0.5) is 4.79 Å². The molecule has 0 aromatic rings. The minimum absolute atomic E-state index is 0.150. The summed E-state index contributed by atoms with van der Waals surface area (Å²) in [6.07, 6.45) is 2.30. The minimum Gasteiger partial charge on any atom is -0.379 e. The van der Waals surface area contributed by atoms with Crippen molar-refractivity contribution in [2.75, 3.05) is 72.2 Å².